The lowest BCUT2D eigenvalue weighted by Gasteiger charge is -2.38. The van der Waals surface area contributed by atoms with Crippen molar-refractivity contribution in [1.29, 1.82) is 0 Å². The van der Waals surface area contributed by atoms with Gasteiger partial charge in [0, 0.05) is 43.2 Å². The van der Waals surface area contributed by atoms with Crippen molar-refractivity contribution in [2.75, 3.05) is 13.1 Å². The van der Waals surface area contributed by atoms with Gasteiger partial charge in [-0.25, -0.2) is 0 Å². The van der Waals surface area contributed by atoms with Crippen LogP contribution in [0.3, 0.4) is 0 Å². The smallest absolute Gasteiger partial charge is 0.222 e. The lowest BCUT2D eigenvalue weighted by Crippen LogP contribution is -2.45. The molecule has 1 saturated heterocycles. The summed E-state index contributed by atoms with van der Waals surface area (Å²) < 4.78 is 2.25. The van der Waals surface area contributed by atoms with E-state index in [0.29, 0.717) is 32.4 Å². The summed E-state index contributed by atoms with van der Waals surface area (Å²) in [4.78, 5) is 14.7. The molecule has 0 aliphatic carbocycles. The maximum Gasteiger partial charge on any atom is 0.222 e. The van der Waals surface area contributed by atoms with E-state index in [9.17, 15) is 9.90 Å². The molecule has 4 nitrogen and oxygen atoms in total. The van der Waals surface area contributed by atoms with Crippen LogP contribution in [0.2, 0.25) is 0 Å². The third-order valence-corrected chi connectivity index (χ3v) is 6.35. The van der Waals surface area contributed by atoms with Crippen molar-refractivity contribution in [3.05, 3.63) is 71.4 Å². The van der Waals surface area contributed by atoms with Gasteiger partial charge >= 0.3 is 0 Å². The zero-order valence-corrected chi connectivity index (χ0v) is 17.4. The average molecular weight is 391 g/mol. The zero-order valence-electron chi connectivity index (χ0n) is 17.4. The molecule has 0 spiro atoms. The number of likely N-dealkylation sites (tertiary alicyclic amines) is 1. The van der Waals surface area contributed by atoms with E-state index in [1.54, 1.807) is 0 Å². The monoisotopic (exact) mass is 390 g/mol. The van der Waals surface area contributed by atoms with Crippen molar-refractivity contribution in [2.24, 2.45) is 0 Å². The van der Waals surface area contributed by atoms with Crippen molar-refractivity contribution >= 4 is 16.8 Å². The largest absolute Gasteiger partial charge is 0.385 e. The van der Waals surface area contributed by atoms with Crippen LogP contribution < -0.4 is 0 Å². The van der Waals surface area contributed by atoms with Gasteiger partial charge in [0.05, 0.1) is 5.60 Å². The molecule has 4 rings (SSSR count). The van der Waals surface area contributed by atoms with E-state index in [4.69, 9.17) is 0 Å². The third-order valence-electron chi connectivity index (χ3n) is 6.35. The van der Waals surface area contributed by atoms with Gasteiger partial charge in [-0.3, -0.25) is 4.79 Å². The SMILES string of the molecule is CCn1cc(CCC(=O)N2CCC(O)(c3ccc(C)cc3)CC2)c2ccccc21. The van der Waals surface area contributed by atoms with Gasteiger partial charge in [-0.1, -0.05) is 48.0 Å². The molecule has 0 atom stereocenters. The fourth-order valence-corrected chi connectivity index (χ4v) is 4.46. The molecule has 1 fully saturated rings. The molecule has 3 aromatic rings. The summed E-state index contributed by atoms with van der Waals surface area (Å²) in [7, 11) is 0. The van der Waals surface area contributed by atoms with Crippen LogP contribution in [0.5, 0.6) is 0 Å². The number of hydrogen-bond donors (Lipinski definition) is 1. The van der Waals surface area contributed by atoms with E-state index in [0.717, 1.165) is 18.5 Å². The molecule has 4 heteroatoms. The summed E-state index contributed by atoms with van der Waals surface area (Å²) in [6.07, 6.45) is 4.64. The number of carbonyl (C=O) groups excluding carboxylic acids is 1. The van der Waals surface area contributed by atoms with Gasteiger partial charge in [-0.05, 0) is 50.3 Å². The topological polar surface area (TPSA) is 45.5 Å². The minimum absolute atomic E-state index is 0.185. The summed E-state index contributed by atoms with van der Waals surface area (Å²) in [6.45, 7) is 6.34. The van der Waals surface area contributed by atoms with Gasteiger partial charge in [0.15, 0.2) is 0 Å². The number of piperidine rings is 1. The molecule has 2 aromatic carbocycles. The summed E-state index contributed by atoms with van der Waals surface area (Å²) in [5.74, 6) is 0.185. The lowest BCUT2D eigenvalue weighted by atomic mass is 9.84. The van der Waals surface area contributed by atoms with Crippen molar-refractivity contribution < 1.29 is 9.90 Å². The average Bonchev–Trinajstić information content (AvgIpc) is 3.11. The van der Waals surface area contributed by atoms with Crippen LogP contribution in [-0.4, -0.2) is 33.6 Å². The molecule has 1 aromatic heterocycles. The lowest BCUT2D eigenvalue weighted by molar-refractivity contribution is -0.135. The first-order valence-corrected chi connectivity index (χ1v) is 10.6. The van der Waals surface area contributed by atoms with E-state index in [-0.39, 0.29) is 5.91 Å². The van der Waals surface area contributed by atoms with Crippen LogP contribution in [0, 0.1) is 6.92 Å². The maximum atomic E-state index is 12.8. The number of hydrogen-bond acceptors (Lipinski definition) is 2. The number of fused-ring (bicyclic) bond motifs is 1. The first-order valence-electron chi connectivity index (χ1n) is 10.6. The number of aliphatic hydroxyl groups is 1. The van der Waals surface area contributed by atoms with E-state index < -0.39 is 5.60 Å². The Morgan fingerprint density at radius 3 is 2.45 bits per heavy atom. The van der Waals surface area contributed by atoms with Crippen molar-refractivity contribution in [3.63, 3.8) is 0 Å². The molecule has 0 unspecified atom stereocenters. The quantitative estimate of drug-likeness (QED) is 0.701. The standard InChI is InChI=1S/C25H30N2O2/c1-3-26-18-20(22-6-4-5-7-23(22)26)10-13-24(28)27-16-14-25(29,15-17-27)21-11-8-19(2)9-12-21/h4-9,11-12,18,29H,3,10,13-17H2,1-2H3. The second-order valence-corrected chi connectivity index (χ2v) is 8.24. The zero-order chi connectivity index (χ0) is 20.4. The number of benzene rings is 2. The minimum Gasteiger partial charge on any atom is -0.385 e. The molecule has 1 aliphatic heterocycles. The van der Waals surface area contributed by atoms with Gasteiger partial charge in [0.1, 0.15) is 0 Å². The van der Waals surface area contributed by atoms with Crippen molar-refractivity contribution in [1.82, 2.24) is 9.47 Å². The molecular weight excluding hydrogens is 360 g/mol. The summed E-state index contributed by atoms with van der Waals surface area (Å²) in [6, 6.07) is 16.5. The van der Waals surface area contributed by atoms with Crippen molar-refractivity contribution in [2.45, 2.75) is 51.7 Å². The molecule has 0 saturated carbocycles. The van der Waals surface area contributed by atoms with Gasteiger partial charge in [-0.2, -0.15) is 0 Å². The van der Waals surface area contributed by atoms with Gasteiger partial charge < -0.3 is 14.6 Å². The number of para-hydroxylation sites is 1. The Balaban J connectivity index is 1.38. The van der Waals surface area contributed by atoms with Crippen LogP contribution >= 0.6 is 0 Å². The third kappa shape index (κ3) is 3.95. The summed E-state index contributed by atoms with van der Waals surface area (Å²) in [5.41, 5.74) is 3.80. The Morgan fingerprint density at radius 2 is 1.76 bits per heavy atom. The Morgan fingerprint density at radius 1 is 1.07 bits per heavy atom. The Bertz CT molecular complexity index is 995. The van der Waals surface area contributed by atoms with E-state index in [2.05, 4.69) is 42.0 Å². The van der Waals surface area contributed by atoms with Crippen LogP contribution in [0.1, 0.15) is 42.9 Å². The highest BCUT2D eigenvalue weighted by molar-refractivity contribution is 5.85. The summed E-state index contributed by atoms with van der Waals surface area (Å²) in [5, 5.41) is 12.3. The molecule has 152 valence electrons. The number of aryl methyl sites for hydroxylation is 3. The van der Waals surface area contributed by atoms with Crippen LogP contribution in [0.25, 0.3) is 10.9 Å². The first-order chi connectivity index (χ1) is 14.0. The summed E-state index contributed by atoms with van der Waals surface area (Å²) >= 11 is 0. The fraction of sp³-hybridized carbons (Fsp3) is 0.400. The van der Waals surface area contributed by atoms with Gasteiger partial charge in [0.25, 0.3) is 0 Å². The van der Waals surface area contributed by atoms with E-state index in [1.807, 2.05) is 36.1 Å². The van der Waals surface area contributed by atoms with Crippen LogP contribution in [0.15, 0.2) is 54.7 Å². The molecule has 0 radical (unpaired) electrons. The second-order valence-electron chi connectivity index (χ2n) is 8.24. The number of rotatable bonds is 5. The van der Waals surface area contributed by atoms with Gasteiger partial charge in [0.2, 0.25) is 5.91 Å². The predicted molar refractivity (Wildman–Crippen MR) is 117 cm³/mol. The molecule has 1 amide bonds. The molecule has 1 aliphatic rings. The van der Waals surface area contributed by atoms with E-state index in [1.165, 1.54) is 22.0 Å². The number of amides is 1. The number of aromatic nitrogens is 1. The predicted octanol–water partition coefficient (Wildman–Crippen LogP) is 4.41. The van der Waals surface area contributed by atoms with Crippen LogP contribution in [-0.2, 0) is 23.4 Å². The highest BCUT2D eigenvalue weighted by Gasteiger charge is 2.35. The van der Waals surface area contributed by atoms with Crippen molar-refractivity contribution in [3.8, 4) is 0 Å². The molecule has 29 heavy (non-hydrogen) atoms. The fourth-order valence-electron chi connectivity index (χ4n) is 4.46. The highest BCUT2D eigenvalue weighted by Crippen LogP contribution is 2.33. The minimum atomic E-state index is -0.820. The Hall–Kier alpha value is -2.59. The number of nitrogens with zero attached hydrogens (tertiary/aromatic N) is 2. The second kappa shape index (κ2) is 8.03. The Kier molecular flexibility index (Phi) is 5.46. The normalized spacial score (nSPS) is 16.3. The first kappa shape index (κ1) is 19.7. The molecule has 2 heterocycles. The molecule has 1 N–H and O–H groups in total. The molecular formula is C25H30N2O2. The van der Waals surface area contributed by atoms with Crippen LogP contribution in [0.4, 0.5) is 0 Å². The highest BCUT2D eigenvalue weighted by atomic mass is 16.3. The van der Waals surface area contributed by atoms with E-state index >= 15 is 0 Å². The maximum absolute atomic E-state index is 12.8. The molecule has 0 bridgehead atoms. The van der Waals surface area contributed by atoms with Gasteiger partial charge in [-0.15, -0.1) is 0 Å². The Labute approximate surface area is 172 Å². The number of carbonyl (C=O) groups is 1.